The van der Waals surface area contributed by atoms with Crippen LogP contribution in [0, 0.1) is 19.8 Å². The van der Waals surface area contributed by atoms with Crippen molar-refractivity contribution in [2.24, 2.45) is 10.9 Å². The Morgan fingerprint density at radius 3 is 2.54 bits per heavy atom. The Balaban J connectivity index is 2.47. The van der Waals surface area contributed by atoms with Gasteiger partial charge in [-0.15, -0.1) is 0 Å². The Morgan fingerprint density at radius 2 is 2.00 bits per heavy atom. The van der Waals surface area contributed by atoms with Crippen molar-refractivity contribution in [1.82, 2.24) is 15.8 Å². The van der Waals surface area contributed by atoms with E-state index in [4.69, 9.17) is 9.26 Å². The van der Waals surface area contributed by atoms with Crippen LogP contribution >= 0.6 is 0 Å². The molecule has 24 heavy (non-hydrogen) atoms. The van der Waals surface area contributed by atoms with Gasteiger partial charge in [-0.25, -0.2) is 0 Å². The summed E-state index contributed by atoms with van der Waals surface area (Å²) >= 11 is 0. The van der Waals surface area contributed by atoms with Crippen LogP contribution in [0.1, 0.15) is 51.1 Å². The molecule has 0 aliphatic rings. The molecule has 0 saturated carbocycles. The summed E-state index contributed by atoms with van der Waals surface area (Å²) < 4.78 is 11.0. The highest BCUT2D eigenvalue weighted by molar-refractivity contribution is 5.79. The van der Waals surface area contributed by atoms with Gasteiger partial charge in [0.1, 0.15) is 5.76 Å². The summed E-state index contributed by atoms with van der Waals surface area (Å²) in [6, 6.07) is 0. The zero-order chi connectivity index (χ0) is 17.9. The molecule has 138 valence electrons. The average Bonchev–Trinajstić information content (AvgIpc) is 2.85. The van der Waals surface area contributed by atoms with Crippen LogP contribution < -0.4 is 10.6 Å². The van der Waals surface area contributed by atoms with Gasteiger partial charge in [-0.05, 0) is 46.5 Å². The van der Waals surface area contributed by atoms with Crippen molar-refractivity contribution in [2.45, 2.75) is 60.5 Å². The second kappa shape index (κ2) is 11.1. The third-order valence-corrected chi connectivity index (χ3v) is 4.00. The fourth-order valence-corrected chi connectivity index (χ4v) is 2.63. The van der Waals surface area contributed by atoms with Crippen molar-refractivity contribution in [2.75, 3.05) is 26.2 Å². The maximum Gasteiger partial charge on any atom is 0.191 e. The quantitative estimate of drug-likeness (QED) is 0.507. The fraction of sp³-hybridized carbons (Fsp3) is 0.778. The van der Waals surface area contributed by atoms with Gasteiger partial charge in [-0.2, -0.15) is 0 Å². The lowest BCUT2D eigenvalue weighted by molar-refractivity contribution is 0.0266. The molecular formula is C18H34N4O2. The Labute approximate surface area is 146 Å². The predicted octanol–water partition coefficient (Wildman–Crippen LogP) is 2.84. The van der Waals surface area contributed by atoms with Crippen LogP contribution in [-0.4, -0.2) is 43.5 Å². The van der Waals surface area contributed by atoms with E-state index in [1.807, 2.05) is 20.8 Å². The highest BCUT2D eigenvalue weighted by Gasteiger charge is 2.13. The first-order chi connectivity index (χ1) is 11.5. The number of aryl methyl sites for hydroxylation is 2. The van der Waals surface area contributed by atoms with Gasteiger partial charge in [0, 0.05) is 31.8 Å². The molecule has 1 rings (SSSR count). The van der Waals surface area contributed by atoms with Gasteiger partial charge in [0.05, 0.1) is 11.8 Å². The molecule has 0 radical (unpaired) electrons. The molecule has 0 amide bonds. The lowest BCUT2D eigenvalue weighted by atomic mass is 10.0. The maximum atomic E-state index is 5.77. The topological polar surface area (TPSA) is 71.7 Å². The van der Waals surface area contributed by atoms with Crippen molar-refractivity contribution in [3.63, 3.8) is 0 Å². The normalized spacial score (nSPS) is 13.4. The Bertz CT molecular complexity index is 478. The summed E-state index contributed by atoms with van der Waals surface area (Å²) in [6.45, 7) is 15.6. The number of aromatic nitrogens is 1. The zero-order valence-electron chi connectivity index (χ0n) is 16.1. The minimum atomic E-state index is 0.268. The van der Waals surface area contributed by atoms with E-state index < -0.39 is 0 Å². The van der Waals surface area contributed by atoms with Crippen LogP contribution in [0.15, 0.2) is 9.52 Å². The molecule has 0 spiro atoms. The maximum absolute atomic E-state index is 5.77. The second-order valence-electron chi connectivity index (χ2n) is 6.27. The van der Waals surface area contributed by atoms with E-state index in [2.05, 4.69) is 41.6 Å². The Kier molecular flexibility index (Phi) is 9.45. The summed E-state index contributed by atoms with van der Waals surface area (Å²) in [5, 5.41) is 10.7. The number of rotatable bonds is 10. The number of hydrogen-bond acceptors (Lipinski definition) is 4. The van der Waals surface area contributed by atoms with Gasteiger partial charge in [0.15, 0.2) is 5.96 Å². The number of nitrogens with zero attached hydrogens (tertiary/aromatic N) is 2. The van der Waals surface area contributed by atoms with E-state index in [0.29, 0.717) is 5.92 Å². The molecule has 1 aromatic heterocycles. The first kappa shape index (κ1) is 20.5. The minimum absolute atomic E-state index is 0.268. The second-order valence-corrected chi connectivity index (χ2v) is 6.27. The SMILES string of the molecule is CCNC(=NCCC(OCC)C(C)C)NCCc1c(C)noc1C. The first-order valence-corrected chi connectivity index (χ1v) is 9.05. The van der Waals surface area contributed by atoms with E-state index in [-0.39, 0.29) is 6.10 Å². The summed E-state index contributed by atoms with van der Waals surface area (Å²) in [7, 11) is 0. The lowest BCUT2D eigenvalue weighted by Gasteiger charge is -2.20. The number of aliphatic imine (C=N–C) groups is 1. The summed E-state index contributed by atoms with van der Waals surface area (Å²) in [5.41, 5.74) is 2.14. The number of guanidine groups is 1. The Hall–Kier alpha value is -1.56. The van der Waals surface area contributed by atoms with Crippen molar-refractivity contribution in [1.29, 1.82) is 0 Å². The van der Waals surface area contributed by atoms with Crippen molar-refractivity contribution in [3.8, 4) is 0 Å². The van der Waals surface area contributed by atoms with Crippen LogP contribution in [0.4, 0.5) is 0 Å². The van der Waals surface area contributed by atoms with Crippen molar-refractivity contribution < 1.29 is 9.26 Å². The lowest BCUT2D eigenvalue weighted by Crippen LogP contribution is -2.38. The molecule has 1 heterocycles. The molecule has 0 saturated heterocycles. The van der Waals surface area contributed by atoms with Gasteiger partial charge >= 0.3 is 0 Å². The molecule has 0 bridgehead atoms. The molecule has 6 nitrogen and oxygen atoms in total. The summed E-state index contributed by atoms with van der Waals surface area (Å²) in [6.07, 6.45) is 2.08. The molecule has 2 N–H and O–H groups in total. The van der Waals surface area contributed by atoms with Crippen LogP contribution in [0.5, 0.6) is 0 Å². The van der Waals surface area contributed by atoms with Gasteiger partial charge < -0.3 is 19.9 Å². The molecule has 0 aromatic carbocycles. The van der Waals surface area contributed by atoms with Gasteiger partial charge in [-0.1, -0.05) is 19.0 Å². The molecule has 1 atom stereocenters. The number of ether oxygens (including phenoxy) is 1. The third kappa shape index (κ3) is 6.91. The number of nitrogens with one attached hydrogen (secondary N) is 2. The smallest absolute Gasteiger partial charge is 0.191 e. The zero-order valence-corrected chi connectivity index (χ0v) is 16.1. The Morgan fingerprint density at radius 1 is 1.25 bits per heavy atom. The molecule has 0 aliphatic carbocycles. The molecule has 1 unspecified atom stereocenters. The van der Waals surface area contributed by atoms with Gasteiger partial charge in [0.25, 0.3) is 0 Å². The fourth-order valence-electron chi connectivity index (χ4n) is 2.63. The van der Waals surface area contributed by atoms with E-state index in [1.54, 1.807) is 0 Å². The van der Waals surface area contributed by atoms with Crippen LogP contribution in [0.3, 0.4) is 0 Å². The van der Waals surface area contributed by atoms with E-state index in [9.17, 15) is 0 Å². The molecule has 0 aliphatic heterocycles. The average molecular weight is 338 g/mol. The van der Waals surface area contributed by atoms with E-state index >= 15 is 0 Å². The third-order valence-electron chi connectivity index (χ3n) is 4.00. The van der Waals surface area contributed by atoms with Crippen LogP contribution in [-0.2, 0) is 11.2 Å². The highest BCUT2D eigenvalue weighted by Crippen LogP contribution is 2.12. The van der Waals surface area contributed by atoms with Crippen molar-refractivity contribution in [3.05, 3.63) is 17.0 Å². The van der Waals surface area contributed by atoms with Gasteiger partial charge in [0.2, 0.25) is 0 Å². The van der Waals surface area contributed by atoms with Gasteiger partial charge in [-0.3, -0.25) is 4.99 Å². The largest absolute Gasteiger partial charge is 0.378 e. The van der Waals surface area contributed by atoms with Crippen LogP contribution in [0.25, 0.3) is 0 Å². The van der Waals surface area contributed by atoms with E-state index in [1.165, 1.54) is 5.56 Å². The monoisotopic (exact) mass is 338 g/mol. The van der Waals surface area contributed by atoms with Crippen molar-refractivity contribution >= 4 is 5.96 Å². The minimum Gasteiger partial charge on any atom is -0.378 e. The predicted molar refractivity (Wildman–Crippen MR) is 98.5 cm³/mol. The molecule has 0 fully saturated rings. The first-order valence-electron chi connectivity index (χ1n) is 9.05. The highest BCUT2D eigenvalue weighted by atomic mass is 16.5. The van der Waals surface area contributed by atoms with Crippen LogP contribution in [0.2, 0.25) is 0 Å². The molecular weight excluding hydrogens is 304 g/mol. The molecule has 1 aromatic rings. The summed E-state index contributed by atoms with van der Waals surface area (Å²) in [5.74, 6) is 2.26. The number of hydrogen-bond donors (Lipinski definition) is 2. The van der Waals surface area contributed by atoms with E-state index in [0.717, 1.165) is 56.5 Å². The summed E-state index contributed by atoms with van der Waals surface area (Å²) in [4.78, 5) is 4.66. The standard InChI is InChI=1S/C18H34N4O2/c1-7-19-18(21-12-10-17(13(3)4)23-8-2)20-11-9-16-14(5)22-24-15(16)6/h13,17H,7-12H2,1-6H3,(H2,19,20,21). The molecule has 6 heteroatoms.